The van der Waals surface area contributed by atoms with E-state index >= 15 is 0 Å². The van der Waals surface area contributed by atoms with Gasteiger partial charge in [0.05, 0.1) is 22.1 Å². The second-order valence-corrected chi connectivity index (χ2v) is 5.51. The molecular formula is C12H7Cl2NO5S. The number of ether oxygens (including phenoxy) is 2. The second-order valence-electron chi connectivity index (χ2n) is 3.68. The van der Waals surface area contributed by atoms with E-state index in [2.05, 4.69) is 4.74 Å². The Morgan fingerprint density at radius 3 is 2.48 bits per heavy atom. The van der Waals surface area contributed by atoms with Gasteiger partial charge in [-0.15, -0.1) is 0 Å². The summed E-state index contributed by atoms with van der Waals surface area (Å²) < 4.78 is 9.94. The fourth-order valence-corrected chi connectivity index (χ4v) is 2.81. The van der Waals surface area contributed by atoms with Crippen LogP contribution < -0.4 is 4.74 Å². The fourth-order valence-electron chi connectivity index (χ4n) is 1.44. The van der Waals surface area contributed by atoms with E-state index in [1.165, 1.54) is 19.2 Å². The molecule has 6 nitrogen and oxygen atoms in total. The molecule has 0 aliphatic carbocycles. The SMILES string of the molecule is COC(=O)c1cc([N+](=O)[O-])c(Oc2c(Cl)cccc2Cl)s1. The van der Waals surface area contributed by atoms with Crippen molar-refractivity contribution in [3.8, 4) is 10.8 Å². The van der Waals surface area contributed by atoms with Crippen LogP contribution in [0.4, 0.5) is 5.69 Å². The summed E-state index contributed by atoms with van der Waals surface area (Å²) in [5.74, 6) is -0.606. The summed E-state index contributed by atoms with van der Waals surface area (Å²) >= 11 is 12.7. The second kappa shape index (κ2) is 6.30. The smallest absolute Gasteiger partial charge is 0.348 e. The summed E-state index contributed by atoms with van der Waals surface area (Å²) in [6.07, 6.45) is 0. The van der Waals surface area contributed by atoms with Gasteiger partial charge in [-0.1, -0.05) is 40.6 Å². The number of benzene rings is 1. The van der Waals surface area contributed by atoms with Gasteiger partial charge in [0.25, 0.3) is 5.06 Å². The van der Waals surface area contributed by atoms with Gasteiger partial charge in [0.2, 0.25) is 0 Å². The highest BCUT2D eigenvalue weighted by atomic mass is 35.5. The van der Waals surface area contributed by atoms with Crippen LogP contribution in [0.5, 0.6) is 10.8 Å². The zero-order chi connectivity index (χ0) is 15.6. The lowest BCUT2D eigenvalue weighted by atomic mass is 10.3. The van der Waals surface area contributed by atoms with Crippen LogP contribution in [0.3, 0.4) is 0 Å². The third kappa shape index (κ3) is 3.26. The lowest BCUT2D eigenvalue weighted by Crippen LogP contribution is -1.97. The lowest BCUT2D eigenvalue weighted by molar-refractivity contribution is -0.385. The molecule has 1 heterocycles. The predicted octanol–water partition coefficient (Wildman–Crippen LogP) is 4.54. The Morgan fingerprint density at radius 1 is 1.33 bits per heavy atom. The van der Waals surface area contributed by atoms with E-state index in [-0.39, 0.29) is 31.4 Å². The molecule has 0 fully saturated rings. The average molecular weight is 348 g/mol. The lowest BCUT2D eigenvalue weighted by Gasteiger charge is -2.06. The highest BCUT2D eigenvalue weighted by molar-refractivity contribution is 7.16. The van der Waals surface area contributed by atoms with Crippen LogP contribution in [0.15, 0.2) is 24.3 Å². The third-order valence-corrected chi connectivity index (χ3v) is 3.95. The Bertz CT molecular complexity index is 695. The number of hydrogen-bond acceptors (Lipinski definition) is 6. The number of esters is 1. The van der Waals surface area contributed by atoms with Gasteiger partial charge in [0, 0.05) is 6.07 Å². The highest BCUT2D eigenvalue weighted by Gasteiger charge is 2.26. The Balaban J connectivity index is 2.46. The number of nitrogens with zero attached hydrogens (tertiary/aromatic N) is 1. The molecule has 110 valence electrons. The minimum atomic E-state index is -0.691. The molecule has 9 heteroatoms. The van der Waals surface area contributed by atoms with Gasteiger partial charge in [0.1, 0.15) is 4.88 Å². The predicted molar refractivity (Wildman–Crippen MR) is 78.8 cm³/mol. The summed E-state index contributed by atoms with van der Waals surface area (Å²) in [6.45, 7) is 0. The number of thiophene rings is 1. The summed E-state index contributed by atoms with van der Waals surface area (Å²) in [4.78, 5) is 21.8. The van der Waals surface area contributed by atoms with Crippen molar-refractivity contribution in [2.24, 2.45) is 0 Å². The van der Waals surface area contributed by atoms with Crippen LogP contribution in [0.25, 0.3) is 0 Å². The van der Waals surface area contributed by atoms with Crippen molar-refractivity contribution in [2.75, 3.05) is 7.11 Å². The largest absolute Gasteiger partial charge is 0.465 e. The van der Waals surface area contributed by atoms with E-state index in [1.54, 1.807) is 6.07 Å². The Morgan fingerprint density at radius 2 is 1.95 bits per heavy atom. The first-order chi connectivity index (χ1) is 9.93. The maximum Gasteiger partial charge on any atom is 0.348 e. The Labute approximate surface area is 133 Å². The van der Waals surface area contributed by atoms with E-state index in [9.17, 15) is 14.9 Å². The number of para-hydroxylation sites is 1. The first-order valence-corrected chi connectivity index (χ1v) is 6.99. The minimum Gasteiger partial charge on any atom is -0.465 e. The molecule has 0 bridgehead atoms. The van der Waals surface area contributed by atoms with Gasteiger partial charge in [-0.05, 0) is 12.1 Å². The first kappa shape index (κ1) is 15.6. The first-order valence-electron chi connectivity index (χ1n) is 5.42. The van der Waals surface area contributed by atoms with E-state index < -0.39 is 10.9 Å². The number of nitro groups is 1. The maximum atomic E-state index is 11.4. The topological polar surface area (TPSA) is 78.7 Å². The van der Waals surface area contributed by atoms with Gasteiger partial charge in [0.15, 0.2) is 5.75 Å². The minimum absolute atomic E-state index is 0.0439. The molecule has 0 atom stereocenters. The van der Waals surface area contributed by atoms with E-state index in [4.69, 9.17) is 27.9 Å². The number of halogens is 2. The normalized spacial score (nSPS) is 10.2. The molecule has 0 unspecified atom stereocenters. The number of carbonyl (C=O) groups is 1. The molecule has 0 saturated heterocycles. The van der Waals surface area contributed by atoms with Crippen LogP contribution in [0.2, 0.25) is 10.0 Å². The van der Waals surface area contributed by atoms with Gasteiger partial charge < -0.3 is 9.47 Å². The molecule has 2 aromatic rings. The summed E-state index contributed by atoms with van der Waals surface area (Å²) in [6, 6.07) is 5.75. The fraction of sp³-hybridized carbons (Fsp3) is 0.0833. The zero-order valence-electron chi connectivity index (χ0n) is 10.5. The number of carbonyl (C=O) groups excluding carboxylic acids is 1. The maximum absolute atomic E-state index is 11.4. The molecule has 2 rings (SSSR count). The van der Waals surface area contributed by atoms with Crippen molar-refractivity contribution in [1.29, 1.82) is 0 Å². The molecule has 0 N–H and O–H groups in total. The van der Waals surface area contributed by atoms with Crippen LogP contribution in [-0.4, -0.2) is 18.0 Å². The number of hydrogen-bond donors (Lipinski definition) is 0. The number of rotatable bonds is 4. The van der Waals surface area contributed by atoms with E-state index in [0.29, 0.717) is 0 Å². The molecule has 0 saturated carbocycles. The Hall–Kier alpha value is -1.83. The van der Waals surface area contributed by atoms with Crippen LogP contribution in [0, 0.1) is 10.1 Å². The van der Waals surface area contributed by atoms with Gasteiger partial charge in [-0.25, -0.2) is 4.79 Å². The van der Waals surface area contributed by atoms with Crippen molar-refractivity contribution in [3.63, 3.8) is 0 Å². The Kier molecular flexibility index (Phi) is 4.66. The summed E-state index contributed by atoms with van der Waals surface area (Å²) in [5.41, 5.74) is -0.364. The molecular weight excluding hydrogens is 341 g/mol. The quantitative estimate of drug-likeness (QED) is 0.460. The van der Waals surface area contributed by atoms with Gasteiger partial charge in [-0.3, -0.25) is 10.1 Å². The number of methoxy groups -OCH3 is 1. The average Bonchev–Trinajstić information content (AvgIpc) is 2.86. The molecule has 0 radical (unpaired) electrons. The molecule has 1 aromatic heterocycles. The highest BCUT2D eigenvalue weighted by Crippen LogP contribution is 2.44. The van der Waals surface area contributed by atoms with Crippen molar-refractivity contribution in [3.05, 3.63) is 49.3 Å². The molecule has 21 heavy (non-hydrogen) atoms. The molecule has 0 spiro atoms. The summed E-state index contributed by atoms with van der Waals surface area (Å²) in [5, 5.41) is 11.3. The summed E-state index contributed by atoms with van der Waals surface area (Å²) in [7, 11) is 1.18. The van der Waals surface area contributed by atoms with Gasteiger partial charge in [-0.2, -0.15) is 0 Å². The van der Waals surface area contributed by atoms with Crippen molar-refractivity contribution in [1.82, 2.24) is 0 Å². The van der Waals surface area contributed by atoms with Gasteiger partial charge >= 0.3 is 11.7 Å². The van der Waals surface area contributed by atoms with E-state index in [1.807, 2.05) is 0 Å². The van der Waals surface area contributed by atoms with E-state index in [0.717, 1.165) is 17.4 Å². The monoisotopic (exact) mass is 347 g/mol. The molecule has 0 aliphatic heterocycles. The third-order valence-electron chi connectivity index (χ3n) is 2.38. The molecule has 0 aliphatic rings. The standard InChI is InChI=1S/C12H7Cl2NO5S/c1-19-11(16)9-5-8(15(17)18)12(21-9)20-10-6(13)3-2-4-7(10)14/h2-5H,1H3. The van der Waals surface area contributed by atoms with Crippen LogP contribution >= 0.6 is 34.5 Å². The molecule has 1 aromatic carbocycles. The van der Waals surface area contributed by atoms with Crippen molar-refractivity contribution < 1.29 is 19.2 Å². The van der Waals surface area contributed by atoms with Crippen LogP contribution in [-0.2, 0) is 4.74 Å². The zero-order valence-corrected chi connectivity index (χ0v) is 12.8. The molecule has 0 amide bonds. The van der Waals surface area contributed by atoms with Crippen LogP contribution in [0.1, 0.15) is 9.67 Å². The van der Waals surface area contributed by atoms with Crippen molar-refractivity contribution >= 4 is 46.2 Å². The van der Waals surface area contributed by atoms with Crippen molar-refractivity contribution in [2.45, 2.75) is 0 Å².